The number of hydrogen-bond donors (Lipinski definition) is 1. The van der Waals surface area contributed by atoms with Crippen molar-refractivity contribution in [3.8, 4) is 0 Å². The summed E-state index contributed by atoms with van der Waals surface area (Å²) in [4.78, 5) is 14.7. The van der Waals surface area contributed by atoms with E-state index in [0.29, 0.717) is 6.54 Å². The van der Waals surface area contributed by atoms with Crippen LogP contribution in [0.1, 0.15) is 31.2 Å². The summed E-state index contributed by atoms with van der Waals surface area (Å²) < 4.78 is 13.1. The van der Waals surface area contributed by atoms with Crippen LogP contribution < -0.4 is 5.32 Å². The largest absolute Gasteiger partial charge is 0.344 e. The Morgan fingerprint density at radius 2 is 1.90 bits per heavy atom. The zero-order valence-electron chi connectivity index (χ0n) is 12.3. The van der Waals surface area contributed by atoms with Crippen molar-refractivity contribution in [2.75, 3.05) is 27.2 Å². The van der Waals surface area contributed by atoms with Gasteiger partial charge in [0.2, 0.25) is 5.91 Å². The van der Waals surface area contributed by atoms with E-state index in [9.17, 15) is 9.18 Å². The molecule has 1 aromatic rings. The molecule has 1 fully saturated rings. The summed E-state index contributed by atoms with van der Waals surface area (Å²) in [5, 5.41) is 3.06. The topological polar surface area (TPSA) is 32.3 Å². The number of carbonyl (C=O) groups is 1. The summed E-state index contributed by atoms with van der Waals surface area (Å²) in [6.45, 7) is 1.47. The smallest absolute Gasteiger partial charge is 0.233 e. The molecule has 1 aliphatic carbocycles. The van der Waals surface area contributed by atoms with Crippen molar-refractivity contribution < 1.29 is 9.18 Å². The van der Waals surface area contributed by atoms with E-state index in [2.05, 4.69) is 5.32 Å². The van der Waals surface area contributed by atoms with Gasteiger partial charge in [-0.3, -0.25) is 4.79 Å². The summed E-state index contributed by atoms with van der Waals surface area (Å²) in [5.74, 6) is -0.0882. The molecule has 0 radical (unpaired) electrons. The molecule has 1 aromatic carbocycles. The summed E-state index contributed by atoms with van der Waals surface area (Å²) in [6, 6.07) is 6.45. The van der Waals surface area contributed by atoms with Gasteiger partial charge in [0, 0.05) is 20.1 Å². The van der Waals surface area contributed by atoms with Crippen LogP contribution in [-0.2, 0) is 10.2 Å². The lowest BCUT2D eigenvalue weighted by atomic mass is 9.77. The molecule has 1 amide bonds. The van der Waals surface area contributed by atoms with Crippen molar-refractivity contribution in [2.24, 2.45) is 0 Å². The Morgan fingerprint density at radius 3 is 2.45 bits per heavy atom. The SMILES string of the molecule is CNCCN(C)C(=O)C1(c2ccc(F)cc2)CCCC1. The van der Waals surface area contributed by atoms with Gasteiger partial charge in [0.25, 0.3) is 0 Å². The molecular formula is C16H23FN2O. The average Bonchev–Trinajstić information content (AvgIpc) is 2.95. The molecule has 0 aliphatic heterocycles. The molecule has 0 heterocycles. The molecule has 0 aromatic heterocycles. The molecule has 4 heteroatoms. The molecular weight excluding hydrogens is 255 g/mol. The second kappa shape index (κ2) is 6.35. The number of hydrogen-bond acceptors (Lipinski definition) is 2. The van der Waals surface area contributed by atoms with Crippen molar-refractivity contribution >= 4 is 5.91 Å². The maximum absolute atomic E-state index is 13.1. The first kappa shape index (κ1) is 15.0. The summed E-state index contributed by atoms with van der Waals surface area (Å²) >= 11 is 0. The van der Waals surface area contributed by atoms with E-state index in [-0.39, 0.29) is 11.7 Å². The van der Waals surface area contributed by atoms with Crippen LogP contribution in [0.3, 0.4) is 0 Å². The highest BCUT2D eigenvalue weighted by Gasteiger charge is 2.43. The van der Waals surface area contributed by atoms with E-state index < -0.39 is 5.41 Å². The molecule has 0 saturated heterocycles. The second-order valence-corrected chi connectivity index (χ2v) is 5.63. The van der Waals surface area contributed by atoms with E-state index in [0.717, 1.165) is 37.8 Å². The first-order chi connectivity index (χ1) is 9.60. The number of likely N-dealkylation sites (N-methyl/N-ethyl adjacent to an activating group) is 2. The lowest BCUT2D eigenvalue weighted by Crippen LogP contribution is -2.45. The van der Waals surface area contributed by atoms with Gasteiger partial charge in [-0.2, -0.15) is 0 Å². The molecule has 110 valence electrons. The number of benzene rings is 1. The zero-order chi connectivity index (χ0) is 14.6. The molecule has 1 N–H and O–H groups in total. The van der Waals surface area contributed by atoms with E-state index >= 15 is 0 Å². The van der Waals surface area contributed by atoms with Gasteiger partial charge >= 0.3 is 0 Å². The fourth-order valence-electron chi connectivity index (χ4n) is 3.12. The minimum atomic E-state index is -0.448. The normalized spacial score (nSPS) is 17.1. The van der Waals surface area contributed by atoms with Crippen LogP contribution >= 0.6 is 0 Å². The standard InChI is InChI=1S/C16H23FN2O/c1-18-11-12-19(2)15(20)16(9-3-4-10-16)13-5-7-14(17)8-6-13/h5-8,18H,3-4,9-12H2,1-2H3. The Bertz CT molecular complexity index is 452. The number of rotatable bonds is 5. The molecule has 0 atom stereocenters. The third-order valence-electron chi connectivity index (χ3n) is 4.31. The van der Waals surface area contributed by atoms with Gasteiger partial charge in [-0.05, 0) is 37.6 Å². The van der Waals surface area contributed by atoms with Crippen LogP contribution in [0, 0.1) is 5.82 Å². The lowest BCUT2D eigenvalue weighted by molar-refractivity contribution is -0.136. The fourth-order valence-corrected chi connectivity index (χ4v) is 3.12. The molecule has 3 nitrogen and oxygen atoms in total. The van der Waals surface area contributed by atoms with Crippen LogP contribution in [0.25, 0.3) is 0 Å². The predicted molar refractivity (Wildman–Crippen MR) is 78.1 cm³/mol. The molecule has 0 bridgehead atoms. The second-order valence-electron chi connectivity index (χ2n) is 5.63. The van der Waals surface area contributed by atoms with E-state index in [1.165, 1.54) is 12.1 Å². The maximum atomic E-state index is 13.1. The lowest BCUT2D eigenvalue weighted by Gasteiger charge is -2.33. The van der Waals surface area contributed by atoms with Crippen LogP contribution in [-0.4, -0.2) is 38.0 Å². The van der Waals surface area contributed by atoms with Crippen molar-refractivity contribution in [3.05, 3.63) is 35.6 Å². The van der Waals surface area contributed by atoms with Gasteiger partial charge in [-0.25, -0.2) is 4.39 Å². The zero-order valence-corrected chi connectivity index (χ0v) is 12.3. The third kappa shape index (κ3) is 2.85. The van der Waals surface area contributed by atoms with Crippen molar-refractivity contribution in [1.29, 1.82) is 0 Å². The number of nitrogens with zero attached hydrogens (tertiary/aromatic N) is 1. The highest BCUT2D eigenvalue weighted by Crippen LogP contribution is 2.42. The van der Waals surface area contributed by atoms with Crippen LogP contribution in [0.4, 0.5) is 4.39 Å². The Kier molecular flexibility index (Phi) is 4.76. The number of halogens is 1. The molecule has 1 aliphatic rings. The molecule has 0 unspecified atom stereocenters. The predicted octanol–water partition coefficient (Wildman–Crippen LogP) is 2.32. The molecule has 20 heavy (non-hydrogen) atoms. The Hall–Kier alpha value is -1.42. The Balaban J connectivity index is 2.25. The molecule has 2 rings (SSSR count). The van der Waals surface area contributed by atoms with Gasteiger partial charge in [0.15, 0.2) is 0 Å². The Morgan fingerprint density at radius 1 is 1.30 bits per heavy atom. The number of amides is 1. The summed E-state index contributed by atoms with van der Waals surface area (Å²) in [6.07, 6.45) is 3.84. The van der Waals surface area contributed by atoms with Gasteiger partial charge in [0.1, 0.15) is 5.82 Å². The van der Waals surface area contributed by atoms with E-state index in [4.69, 9.17) is 0 Å². The third-order valence-corrected chi connectivity index (χ3v) is 4.31. The quantitative estimate of drug-likeness (QED) is 0.896. The number of nitrogens with one attached hydrogen (secondary N) is 1. The van der Waals surface area contributed by atoms with Crippen LogP contribution in [0.2, 0.25) is 0 Å². The van der Waals surface area contributed by atoms with Crippen molar-refractivity contribution in [2.45, 2.75) is 31.1 Å². The van der Waals surface area contributed by atoms with Crippen molar-refractivity contribution in [3.63, 3.8) is 0 Å². The first-order valence-electron chi connectivity index (χ1n) is 7.26. The first-order valence-corrected chi connectivity index (χ1v) is 7.26. The van der Waals surface area contributed by atoms with E-state index in [1.807, 2.05) is 14.1 Å². The highest BCUT2D eigenvalue weighted by atomic mass is 19.1. The molecule has 0 spiro atoms. The van der Waals surface area contributed by atoms with Crippen LogP contribution in [0.5, 0.6) is 0 Å². The highest BCUT2D eigenvalue weighted by molar-refractivity contribution is 5.88. The minimum absolute atomic E-state index is 0.164. The summed E-state index contributed by atoms with van der Waals surface area (Å²) in [5.41, 5.74) is 0.508. The van der Waals surface area contributed by atoms with Crippen LogP contribution in [0.15, 0.2) is 24.3 Å². The fraction of sp³-hybridized carbons (Fsp3) is 0.562. The minimum Gasteiger partial charge on any atom is -0.344 e. The molecule has 1 saturated carbocycles. The number of carbonyl (C=O) groups excluding carboxylic acids is 1. The van der Waals surface area contributed by atoms with Gasteiger partial charge in [-0.1, -0.05) is 25.0 Å². The monoisotopic (exact) mass is 278 g/mol. The van der Waals surface area contributed by atoms with Gasteiger partial charge in [0.05, 0.1) is 5.41 Å². The average molecular weight is 278 g/mol. The van der Waals surface area contributed by atoms with Gasteiger partial charge in [-0.15, -0.1) is 0 Å². The van der Waals surface area contributed by atoms with E-state index in [1.54, 1.807) is 17.0 Å². The maximum Gasteiger partial charge on any atom is 0.233 e. The Labute approximate surface area is 120 Å². The van der Waals surface area contributed by atoms with Gasteiger partial charge < -0.3 is 10.2 Å². The summed E-state index contributed by atoms with van der Waals surface area (Å²) in [7, 11) is 3.73. The van der Waals surface area contributed by atoms with Crippen molar-refractivity contribution in [1.82, 2.24) is 10.2 Å².